The van der Waals surface area contributed by atoms with Crippen molar-refractivity contribution in [1.82, 2.24) is 4.90 Å². The normalized spacial score (nSPS) is 21.2. The maximum absolute atomic E-state index is 12.0. The Hall–Kier alpha value is -1.80. The molecule has 0 saturated carbocycles. The number of hydrogen-bond acceptors (Lipinski definition) is 5. The highest BCUT2D eigenvalue weighted by Crippen LogP contribution is 2.31. The molecule has 7 nitrogen and oxygen atoms in total. The van der Waals surface area contributed by atoms with Gasteiger partial charge in [0.2, 0.25) is 15.9 Å². The van der Waals surface area contributed by atoms with Gasteiger partial charge < -0.3 is 14.4 Å². The van der Waals surface area contributed by atoms with Crippen molar-refractivity contribution in [3.05, 3.63) is 23.8 Å². The lowest BCUT2D eigenvalue weighted by Crippen LogP contribution is -2.27. The van der Waals surface area contributed by atoms with Gasteiger partial charge in [-0.05, 0) is 17.7 Å². The van der Waals surface area contributed by atoms with E-state index in [1.54, 1.807) is 4.90 Å². The highest BCUT2D eigenvalue weighted by Gasteiger charge is 2.32. The van der Waals surface area contributed by atoms with Crippen LogP contribution in [0.4, 0.5) is 0 Å². The van der Waals surface area contributed by atoms with Crippen LogP contribution in [0.5, 0.6) is 11.5 Å². The van der Waals surface area contributed by atoms with Crippen LogP contribution in [-0.4, -0.2) is 44.7 Å². The third-order valence-corrected chi connectivity index (χ3v) is 4.68. The number of carbonyl (C=O) groups excluding carboxylic acids is 1. The lowest BCUT2D eigenvalue weighted by molar-refractivity contribution is -0.128. The molecule has 22 heavy (non-hydrogen) atoms. The quantitative estimate of drug-likeness (QED) is 0.846. The Balaban J connectivity index is 1.67. The minimum Gasteiger partial charge on any atom is -0.486 e. The second-order valence-electron chi connectivity index (χ2n) is 5.65. The minimum absolute atomic E-state index is 0.0523. The monoisotopic (exact) mass is 326 g/mol. The number of primary sulfonamides is 1. The molecule has 1 amide bonds. The van der Waals surface area contributed by atoms with Crippen LogP contribution in [0.2, 0.25) is 0 Å². The fourth-order valence-electron chi connectivity index (χ4n) is 2.85. The van der Waals surface area contributed by atoms with Gasteiger partial charge in [-0.25, -0.2) is 13.6 Å². The largest absolute Gasteiger partial charge is 0.486 e. The van der Waals surface area contributed by atoms with Gasteiger partial charge in [-0.1, -0.05) is 6.07 Å². The molecule has 8 heteroatoms. The Kier molecular flexibility index (Phi) is 3.96. The van der Waals surface area contributed by atoms with Crippen LogP contribution in [-0.2, 0) is 21.4 Å². The summed E-state index contributed by atoms with van der Waals surface area (Å²) < 4.78 is 33.2. The molecule has 1 fully saturated rings. The molecule has 1 saturated heterocycles. The fraction of sp³-hybridized carbons (Fsp3) is 0.500. The number of rotatable bonds is 4. The van der Waals surface area contributed by atoms with Gasteiger partial charge in [0.25, 0.3) is 0 Å². The molecule has 0 spiro atoms. The molecule has 0 bridgehead atoms. The number of nitrogens with zero attached hydrogens (tertiary/aromatic N) is 1. The average molecular weight is 326 g/mol. The summed E-state index contributed by atoms with van der Waals surface area (Å²) in [5.41, 5.74) is 0.925. The number of sulfonamides is 1. The standard InChI is InChI=1S/C14H18N2O5S/c15-22(18,19)9-11-6-14(17)16(8-11)7-10-1-2-12-13(5-10)21-4-3-20-12/h1-2,5,11H,3-4,6-9H2,(H2,15,18,19). The molecule has 3 rings (SSSR count). The van der Waals surface area contributed by atoms with Crippen LogP contribution in [0.3, 0.4) is 0 Å². The maximum atomic E-state index is 12.0. The first kappa shape index (κ1) is 15.1. The zero-order valence-electron chi connectivity index (χ0n) is 12.0. The van der Waals surface area contributed by atoms with Crippen molar-refractivity contribution in [3.8, 4) is 11.5 Å². The van der Waals surface area contributed by atoms with Gasteiger partial charge in [0.05, 0.1) is 5.75 Å². The molecule has 0 aromatic heterocycles. The van der Waals surface area contributed by atoms with Crippen LogP contribution >= 0.6 is 0 Å². The SMILES string of the molecule is NS(=O)(=O)CC1CC(=O)N(Cc2ccc3c(c2)OCCO3)C1. The molecule has 0 radical (unpaired) electrons. The highest BCUT2D eigenvalue weighted by molar-refractivity contribution is 7.89. The molecular formula is C14H18N2O5S. The third kappa shape index (κ3) is 3.50. The number of hydrogen-bond donors (Lipinski definition) is 1. The number of amides is 1. The second kappa shape index (κ2) is 5.77. The first-order chi connectivity index (χ1) is 10.4. The van der Waals surface area contributed by atoms with Gasteiger partial charge >= 0.3 is 0 Å². The number of nitrogens with two attached hydrogens (primary N) is 1. The molecule has 2 aliphatic heterocycles. The van der Waals surface area contributed by atoms with Crippen molar-refractivity contribution < 1.29 is 22.7 Å². The van der Waals surface area contributed by atoms with E-state index in [4.69, 9.17) is 14.6 Å². The van der Waals surface area contributed by atoms with Crippen LogP contribution in [0.1, 0.15) is 12.0 Å². The van der Waals surface area contributed by atoms with Gasteiger partial charge in [0.1, 0.15) is 13.2 Å². The lowest BCUT2D eigenvalue weighted by Gasteiger charge is -2.21. The first-order valence-corrected chi connectivity index (χ1v) is 8.79. The Bertz CT molecular complexity index is 688. The Morgan fingerprint density at radius 1 is 1.23 bits per heavy atom. The van der Waals surface area contributed by atoms with E-state index < -0.39 is 10.0 Å². The molecule has 1 aromatic rings. The maximum Gasteiger partial charge on any atom is 0.223 e. The number of fused-ring (bicyclic) bond motifs is 1. The van der Waals surface area contributed by atoms with Gasteiger partial charge in [0.15, 0.2) is 11.5 Å². The second-order valence-corrected chi connectivity index (χ2v) is 7.31. The van der Waals surface area contributed by atoms with E-state index in [1.165, 1.54) is 0 Å². The molecular weight excluding hydrogens is 308 g/mol. The topological polar surface area (TPSA) is 98.9 Å². The van der Waals surface area contributed by atoms with E-state index in [1.807, 2.05) is 18.2 Å². The highest BCUT2D eigenvalue weighted by atomic mass is 32.2. The summed E-state index contributed by atoms with van der Waals surface area (Å²) in [5.74, 6) is 0.936. The van der Waals surface area contributed by atoms with Crippen LogP contribution in [0, 0.1) is 5.92 Å². The molecule has 1 atom stereocenters. The van der Waals surface area contributed by atoms with Crippen LogP contribution < -0.4 is 14.6 Å². The number of benzene rings is 1. The van der Waals surface area contributed by atoms with Crippen molar-refractivity contribution in [1.29, 1.82) is 0 Å². The molecule has 2 N–H and O–H groups in total. The van der Waals surface area contributed by atoms with Crippen molar-refractivity contribution in [2.75, 3.05) is 25.5 Å². The molecule has 2 heterocycles. The van der Waals surface area contributed by atoms with E-state index in [0.717, 1.165) is 5.56 Å². The van der Waals surface area contributed by atoms with E-state index in [0.29, 0.717) is 37.8 Å². The molecule has 1 unspecified atom stereocenters. The minimum atomic E-state index is -3.55. The summed E-state index contributed by atoms with van der Waals surface area (Å²) in [5, 5.41) is 5.05. The number of ether oxygens (including phenoxy) is 2. The summed E-state index contributed by atoms with van der Waals surface area (Å²) in [6.45, 7) is 1.88. The molecule has 120 valence electrons. The number of likely N-dealkylation sites (tertiary alicyclic amines) is 1. The van der Waals surface area contributed by atoms with Crippen molar-refractivity contribution in [2.45, 2.75) is 13.0 Å². The van der Waals surface area contributed by atoms with E-state index in [-0.39, 0.29) is 24.0 Å². The van der Waals surface area contributed by atoms with Crippen LogP contribution in [0.15, 0.2) is 18.2 Å². The van der Waals surface area contributed by atoms with Crippen LogP contribution in [0.25, 0.3) is 0 Å². The fourth-order valence-corrected chi connectivity index (χ4v) is 3.73. The first-order valence-electron chi connectivity index (χ1n) is 7.07. The van der Waals surface area contributed by atoms with Gasteiger partial charge in [-0.2, -0.15) is 0 Å². The van der Waals surface area contributed by atoms with Gasteiger partial charge in [-0.15, -0.1) is 0 Å². The summed E-state index contributed by atoms with van der Waals surface area (Å²) in [7, 11) is -3.55. The van der Waals surface area contributed by atoms with E-state index in [9.17, 15) is 13.2 Å². The number of carbonyl (C=O) groups is 1. The predicted molar refractivity (Wildman–Crippen MR) is 78.9 cm³/mol. The predicted octanol–water partition coefficient (Wildman–Crippen LogP) is 0.0948. The summed E-state index contributed by atoms with van der Waals surface area (Å²) >= 11 is 0. The lowest BCUT2D eigenvalue weighted by atomic mass is 10.1. The molecule has 1 aromatic carbocycles. The van der Waals surface area contributed by atoms with Gasteiger partial charge in [-0.3, -0.25) is 4.79 Å². The van der Waals surface area contributed by atoms with Crippen molar-refractivity contribution in [2.24, 2.45) is 11.1 Å². The summed E-state index contributed by atoms with van der Waals surface area (Å²) in [6.07, 6.45) is 0.223. The Morgan fingerprint density at radius 2 is 1.95 bits per heavy atom. The van der Waals surface area contributed by atoms with Crippen molar-refractivity contribution in [3.63, 3.8) is 0 Å². The van der Waals surface area contributed by atoms with Gasteiger partial charge in [0, 0.05) is 25.4 Å². The smallest absolute Gasteiger partial charge is 0.223 e. The van der Waals surface area contributed by atoms with E-state index in [2.05, 4.69) is 0 Å². The molecule has 0 aliphatic carbocycles. The zero-order valence-corrected chi connectivity index (χ0v) is 12.8. The Morgan fingerprint density at radius 3 is 2.68 bits per heavy atom. The third-order valence-electron chi connectivity index (χ3n) is 3.74. The molecule has 2 aliphatic rings. The summed E-state index contributed by atoms with van der Waals surface area (Å²) in [4.78, 5) is 13.7. The Labute approximate surface area is 129 Å². The van der Waals surface area contributed by atoms with Crippen molar-refractivity contribution >= 4 is 15.9 Å². The average Bonchev–Trinajstić information content (AvgIpc) is 2.76. The van der Waals surface area contributed by atoms with E-state index >= 15 is 0 Å². The zero-order chi connectivity index (χ0) is 15.7. The summed E-state index contributed by atoms with van der Waals surface area (Å²) in [6, 6.07) is 5.56.